The van der Waals surface area contributed by atoms with Crippen LogP contribution in [0.1, 0.15) is 0 Å². The number of halogens is 1. The molecule has 0 amide bonds. The van der Waals surface area contributed by atoms with Crippen molar-refractivity contribution < 1.29 is 28.5 Å². The second-order valence-electron chi connectivity index (χ2n) is 10.4. The van der Waals surface area contributed by atoms with Crippen LogP contribution in [0.4, 0.5) is 0 Å². The molecule has 0 radical (unpaired) electrons. The first-order valence-electron chi connectivity index (χ1n) is 14.3. The van der Waals surface area contributed by atoms with E-state index in [1.54, 1.807) is 12.1 Å². The van der Waals surface area contributed by atoms with Crippen LogP contribution in [0, 0.1) is 3.57 Å². The number of carbonyl (C=O) groups excluding carboxylic acids is 2. The lowest BCUT2D eigenvalue weighted by atomic mass is 10.0. The highest BCUT2D eigenvalue weighted by Gasteiger charge is 2.20. The Bertz CT molecular complexity index is 2230. The molecule has 7 heteroatoms. The van der Waals surface area contributed by atoms with Crippen LogP contribution in [0.15, 0.2) is 127 Å². The Morgan fingerprint density at radius 1 is 0.467 bits per heavy atom. The molecule has 0 N–H and O–H groups in total. The zero-order valence-electron chi connectivity index (χ0n) is 23.9. The lowest BCUT2D eigenvalue weighted by Gasteiger charge is -2.18. The number of esters is 2. The molecule has 0 aliphatic heterocycles. The lowest BCUT2D eigenvalue weighted by molar-refractivity contribution is -0.137. The number of hydrogen-bond acceptors (Lipinski definition) is 6. The number of benzene rings is 7. The van der Waals surface area contributed by atoms with Gasteiger partial charge >= 0.3 is 11.9 Å². The van der Waals surface area contributed by atoms with E-state index in [0.717, 1.165) is 46.7 Å². The van der Waals surface area contributed by atoms with Crippen LogP contribution >= 0.6 is 22.6 Å². The van der Waals surface area contributed by atoms with Crippen LogP contribution in [0.3, 0.4) is 0 Å². The summed E-state index contributed by atoms with van der Waals surface area (Å²) in [5.41, 5.74) is 0. The summed E-state index contributed by atoms with van der Waals surface area (Å²) in [5.74, 6) is 0.962. The zero-order valence-corrected chi connectivity index (χ0v) is 26.0. The van der Waals surface area contributed by atoms with Gasteiger partial charge in [-0.2, -0.15) is 0 Å². The minimum atomic E-state index is -0.523. The van der Waals surface area contributed by atoms with Crippen LogP contribution in [0.2, 0.25) is 0 Å². The largest absolute Gasteiger partial charge is 0.481 e. The number of carbonyl (C=O) groups is 2. The molecule has 0 bridgehead atoms. The van der Waals surface area contributed by atoms with Gasteiger partial charge in [-0.3, -0.25) is 0 Å². The van der Waals surface area contributed by atoms with E-state index in [4.69, 9.17) is 18.9 Å². The Morgan fingerprint density at radius 3 is 1.42 bits per heavy atom. The van der Waals surface area contributed by atoms with Crippen molar-refractivity contribution in [2.24, 2.45) is 0 Å². The van der Waals surface area contributed by atoms with Gasteiger partial charge in [-0.15, -0.1) is 0 Å². The van der Waals surface area contributed by atoms with Gasteiger partial charge in [-0.25, -0.2) is 9.59 Å². The van der Waals surface area contributed by atoms with Crippen molar-refractivity contribution in [3.63, 3.8) is 0 Å². The number of ether oxygens (including phenoxy) is 4. The minimum absolute atomic E-state index is 0.300. The summed E-state index contributed by atoms with van der Waals surface area (Å²) in [6.45, 7) is -0.600. The van der Waals surface area contributed by atoms with Gasteiger partial charge in [0.05, 0.1) is 0 Å². The predicted molar refractivity (Wildman–Crippen MR) is 184 cm³/mol. The summed E-state index contributed by atoms with van der Waals surface area (Å²) < 4.78 is 24.8. The summed E-state index contributed by atoms with van der Waals surface area (Å²) >= 11 is 2.23. The molecule has 0 aliphatic rings. The normalized spacial score (nSPS) is 11.1. The molecule has 0 aliphatic carbocycles. The van der Waals surface area contributed by atoms with Gasteiger partial charge in [0, 0.05) is 35.9 Å². The van der Waals surface area contributed by atoms with Crippen LogP contribution in [-0.2, 0) is 9.59 Å². The summed E-state index contributed by atoms with van der Waals surface area (Å²) in [4.78, 5) is 26.0. The second kappa shape index (κ2) is 12.5. The quantitative estimate of drug-likeness (QED) is 0.0682. The van der Waals surface area contributed by atoms with Crippen molar-refractivity contribution in [2.75, 3.05) is 13.2 Å². The van der Waals surface area contributed by atoms with E-state index in [1.165, 1.54) is 0 Å². The Labute approximate surface area is 272 Å². The van der Waals surface area contributed by atoms with Gasteiger partial charge in [-0.1, -0.05) is 97.1 Å². The van der Waals surface area contributed by atoms with E-state index in [2.05, 4.69) is 22.6 Å². The highest BCUT2D eigenvalue weighted by atomic mass is 127. The van der Waals surface area contributed by atoms with E-state index in [1.807, 2.05) is 115 Å². The maximum absolute atomic E-state index is 13.0. The Hall–Kier alpha value is -5.15. The Kier molecular flexibility index (Phi) is 7.92. The average Bonchev–Trinajstić information content (AvgIpc) is 3.06. The summed E-state index contributed by atoms with van der Waals surface area (Å²) in [7, 11) is 0. The van der Waals surface area contributed by atoms with Crippen molar-refractivity contribution in [3.8, 4) is 23.0 Å². The van der Waals surface area contributed by atoms with E-state index in [-0.39, 0.29) is 13.2 Å². The fourth-order valence-electron chi connectivity index (χ4n) is 5.52. The Balaban J connectivity index is 1.17. The third-order valence-electron chi connectivity index (χ3n) is 7.50. The van der Waals surface area contributed by atoms with Crippen molar-refractivity contribution in [2.45, 2.75) is 0 Å². The van der Waals surface area contributed by atoms with Crippen LogP contribution in [0.25, 0.3) is 43.1 Å². The summed E-state index contributed by atoms with van der Waals surface area (Å²) in [6.07, 6.45) is 0. The third kappa shape index (κ3) is 5.86. The Morgan fingerprint density at radius 2 is 0.889 bits per heavy atom. The van der Waals surface area contributed by atoms with Crippen molar-refractivity contribution >= 4 is 77.6 Å². The second-order valence-corrected chi connectivity index (χ2v) is 11.6. The molecule has 7 aromatic rings. The molecule has 0 aromatic heterocycles. The standard InChI is InChI=1S/C38H25IO6/c39-26-19-20-31-32(21-26)38(43-23-36(41)45-34-18-8-12-25-10-2-4-14-28(25)34)30-16-6-5-15-29(30)37(31)42-22-35(40)44-33-17-7-11-24-9-1-3-13-27(24)33/h1-21H,22-23H2. The minimum Gasteiger partial charge on any atom is -0.481 e. The molecule has 0 saturated carbocycles. The molecule has 7 rings (SSSR count). The van der Waals surface area contributed by atoms with E-state index < -0.39 is 11.9 Å². The zero-order chi connectivity index (χ0) is 30.8. The summed E-state index contributed by atoms with van der Waals surface area (Å²) in [5, 5.41) is 6.61. The molecule has 45 heavy (non-hydrogen) atoms. The molecule has 0 atom stereocenters. The lowest BCUT2D eigenvalue weighted by Crippen LogP contribution is -2.19. The molecule has 0 spiro atoms. The van der Waals surface area contributed by atoms with Gasteiger partial charge < -0.3 is 18.9 Å². The number of rotatable bonds is 8. The van der Waals surface area contributed by atoms with E-state index in [0.29, 0.717) is 23.0 Å². The SMILES string of the molecule is O=C(COc1c2ccccc2c(OCC(=O)Oc2cccc3ccccc23)c2cc(I)ccc12)Oc1cccc2ccccc12. The van der Waals surface area contributed by atoms with Gasteiger partial charge in [0.25, 0.3) is 0 Å². The van der Waals surface area contributed by atoms with Crippen LogP contribution in [0.5, 0.6) is 23.0 Å². The predicted octanol–water partition coefficient (Wildman–Crippen LogP) is 8.87. The van der Waals surface area contributed by atoms with Gasteiger partial charge in [-0.05, 0) is 63.7 Å². The first-order valence-corrected chi connectivity index (χ1v) is 15.4. The van der Waals surface area contributed by atoms with Crippen molar-refractivity contribution in [1.29, 1.82) is 0 Å². The maximum atomic E-state index is 13.0. The topological polar surface area (TPSA) is 71.1 Å². The average molecular weight is 705 g/mol. The molecule has 0 unspecified atom stereocenters. The van der Waals surface area contributed by atoms with Gasteiger partial charge in [0.1, 0.15) is 23.0 Å². The maximum Gasteiger partial charge on any atom is 0.349 e. The van der Waals surface area contributed by atoms with E-state index >= 15 is 0 Å². The van der Waals surface area contributed by atoms with Gasteiger partial charge in [0.15, 0.2) is 13.2 Å². The first kappa shape index (κ1) is 28.6. The third-order valence-corrected chi connectivity index (χ3v) is 8.17. The van der Waals surface area contributed by atoms with E-state index in [9.17, 15) is 9.59 Å². The molecular formula is C38H25IO6. The van der Waals surface area contributed by atoms with Crippen LogP contribution < -0.4 is 18.9 Å². The highest BCUT2D eigenvalue weighted by Crippen LogP contribution is 2.43. The molecule has 0 fully saturated rings. The molecule has 6 nitrogen and oxygen atoms in total. The smallest absolute Gasteiger partial charge is 0.349 e. The molecule has 7 aromatic carbocycles. The fraction of sp³-hybridized carbons (Fsp3) is 0.0526. The van der Waals surface area contributed by atoms with Crippen LogP contribution in [-0.4, -0.2) is 25.2 Å². The fourth-order valence-corrected chi connectivity index (χ4v) is 6.01. The van der Waals surface area contributed by atoms with Crippen molar-refractivity contribution in [1.82, 2.24) is 0 Å². The molecule has 0 heterocycles. The monoisotopic (exact) mass is 704 g/mol. The number of fused-ring (bicyclic) bond motifs is 4. The number of hydrogen-bond donors (Lipinski definition) is 0. The summed E-state index contributed by atoms with van der Waals surface area (Å²) in [6, 6.07) is 40.1. The highest BCUT2D eigenvalue weighted by molar-refractivity contribution is 14.1. The van der Waals surface area contributed by atoms with Gasteiger partial charge in [0.2, 0.25) is 0 Å². The molecular weight excluding hydrogens is 679 g/mol. The first-order chi connectivity index (χ1) is 22.0. The molecule has 220 valence electrons. The van der Waals surface area contributed by atoms with Crippen molar-refractivity contribution in [3.05, 3.63) is 131 Å². The molecule has 0 saturated heterocycles.